The first kappa shape index (κ1) is 18.5. The van der Waals surface area contributed by atoms with Gasteiger partial charge in [0.1, 0.15) is 11.3 Å². The summed E-state index contributed by atoms with van der Waals surface area (Å²) in [5.41, 5.74) is 2.50. The van der Waals surface area contributed by atoms with Crippen molar-refractivity contribution in [2.75, 3.05) is 0 Å². The van der Waals surface area contributed by atoms with Crippen LogP contribution in [0.3, 0.4) is 0 Å². The molecule has 9 heteroatoms. The number of rotatable bonds is 3. The van der Waals surface area contributed by atoms with Crippen LogP contribution in [0.4, 0.5) is 11.4 Å². The molecule has 2 aromatic carbocycles. The van der Waals surface area contributed by atoms with Gasteiger partial charge in [0.15, 0.2) is 0 Å². The number of quaternary nitrogens is 1. The Bertz CT molecular complexity index is 713. The lowest BCUT2D eigenvalue weighted by molar-refractivity contribution is -0.385. The minimum absolute atomic E-state index is 0.711. The first-order valence-electron chi connectivity index (χ1n) is 6.03. The van der Waals surface area contributed by atoms with Gasteiger partial charge in [-0.25, -0.2) is 4.79 Å². The Kier molecular flexibility index (Phi) is 6.60. The van der Waals surface area contributed by atoms with E-state index in [0.29, 0.717) is 0 Å². The first-order chi connectivity index (χ1) is 10.7. The zero-order valence-corrected chi connectivity index (χ0v) is 13.7. The van der Waals surface area contributed by atoms with Crippen molar-refractivity contribution in [3.8, 4) is 0 Å². The highest BCUT2D eigenvalue weighted by Gasteiger charge is 2.23. The van der Waals surface area contributed by atoms with E-state index in [1.165, 1.54) is 3.57 Å². The van der Waals surface area contributed by atoms with Crippen molar-refractivity contribution in [3.05, 3.63) is 67.3 Å². The Morgan fingerprint density at radius 2 is 1.78 bits per heavy atom. The zero-order chi connectivity index (χ0) is 17.6. The number of hydrogen-bond donors (Lipinski definition) is 2. The van der Waals surface area contributed by atoms with Gasteiger partial charge in [-0.2, -0.15) is 0 Å². The largest absolute Gasteiger partial charge is 0.545 e. The maximum atomic E-state index is 10.7. The molecule has 120 valence electrons. The molecule has 0 atom stereocenters. The van der Waals surface area contributed by atoms with Crippen LogP contribution in [-0.2, 0) is 0 Å². The van der Waals surface area contributed by atoms with E-state index < -0.39 is 33.7 Å². The van der Waals surface area contributed by atoms with Gasteiger partial charge in [-0.05, 0) is 34.7 Å². The summed E-state index contributed by atoms with van der Waals surface area (Å²) in [5, 5.41) is 29.6. The molecule has 0 aliphatic heterocycles. The van der Waals surface area contributed by atoms with Crippen molar-refractivity contribution in [2.45, 2.75) is 0 Å². The molecule has 0 spiro atoms. The van der Waals surface area contributed by atoms with Crippen molar-refractivity contribution in [1.82, 2.24) is 0 Å². The minimum Gasteiger partial charge on any atom is -0.545 e. The van der Waals surface area contributed by atoms with Crippen LogP contribution in [0.1, 0.15) is 20.7 Å². The fraction of sp³-hybridized carbons (Fsp3) is 0. The average Bonchev–Trinajstić information content (AvgIpc) is 2.46. The summed E-state index contributed by atoms with van der Waals surface area (Å²) in [7, 11) is 0. The van der Waals surface area contributed by atoms with E-state index in [9.17, 15) is 24.8 Å². The number of hydrogen-bond acceptors (Lipinski definition) is 5. The second kappa shape index (κ2) is 8.19. The summed E-state index contributed by atoms with van der Waals surface area (Å²) in [5.74, 6) is -3.45. The molecule has 0 bridgehead atoms. The third-order valence-electron chi connectivity index (χ3n) is 2.56. The van der Waals surface area contributed by atoms with Crippen molar-refractivity contribution in [2.24, 2.45) is 0 Å². The number of benzene rings is 2. The Morgan fingerprint density at radius 1 is 1.17 bits per heavy atom. The van der Waals surface area contributed by atoms with Gasteiger partial charge in [-0.15, -0.1) is 0 Å². The smallest absolute Gasteiger partial charge is 0.343 e. The van der Waals surface area contributed by atoms with Crippen LogP contribution in [0, 0.1) is 13.7 Å². The summed E-state index contributed by atoms with van der Waals surface area (Å²) in [4.78, 5) is 30.6. The molecule has 0 heterocycles. The van der Waals surface area contributed by atoms with Gasteiger partial charge in [0.05, 0.1) is 10.9 Å². The quantitative estimate of drug-likeness (QED) is 0.419. The molecule has 0 aliphatic carbocycles. The number of carbonyl (C=O) groups is 2. The Morgan fingerprint density at radius 3 is 2.17 bits per heavy atom. The van der Waals surface area contributed by atoms with Gasteiger partial charge < -0.3 is 20.7 Å². The second-order valence-corrected chi connectivity index (χ2v) is 5.42. The van der Waals surface area contributed by atoms with Crippen LogP contribution in [0.15, 0.2) is 42.5 Å². The maximum Gasteiger partial charge on any atom is 0.343 e. The van der Waals surface area contributed by atoms with Crippen LogP contribution in [0.2, 0.25) is 0 Å². The van der Waals surface area contributed by atoms with Crippen molar-refractivity contribution in [1.29, 1.82) is 0 Å². The number of carbonyl (C=O) groups excluding carboxylic acids is 1. The Hall–Kier alpha value is -2.53. The number of nitro groups is 1. The number of nitro benzene ring substituents is 1. The fourth-order valence-electron chi connectivity index (χ4n) is 1.62. The van der Waals surface area contributed by atoms with Gasteiger partial charge in [0, 0.05) is 21.3 Å². The standard InChI is InChI=1S/C8H5NO6.C6H6IN/c10-7(11)4-2-1-3-5(9(14)15)6(4)8(12)13;7-5-2-1-3-6(8)4-5/h1-3H,(H,10,11)(H,12,13);1-4H,8H2. The molecule has 0 fully saturated rings. The molecule has 0 amide bonds. The number of nitrogens with zero attached hydrogens (tertiary/aromatic N) is 1. The molecule has 2 rings (SSSR count). The molecule has 0 saturated carbocycles. The molecule has 0 unspecified atom stereocenters. The van der Waals surface area contributed by atoms with Gasteiger partial charge in [-0.3, -0.25) is 10.1 Å². The van der Waals surface area contributed by atoms with E-state index in [1.54, 1.807) is 0 Å². The Balaban J connectivity index is 0.000000277. The van der Waals surface area contributed by atoms with Crippen LogP contribution in [-0.4, -0.2) is 22.0 Å². The zero-order valence-electron chi connectivity index (χ0n) is 11.6. The molecule has 2 aromatic rings. The average molecular weight is 430 g/mol. The van der Waals surface area contributed by atoms with E-state index >= 15 is 0 Å². The van der Waals surface area contributed by atoms with Crippen LogP contribution in [0.25, 0.3) is 0 Å². The molecular formula is C14H11IN2O6. The lowest BCUT2D eigenvalue weighted by Gasteiger charge is -2.06. The Labute approximate surface area is 143 Å². The summed E-state index contributed by atoms with van der Waals surface area (Å²) in [6.45, 7) is 0. The molecular weight excluding hydrogens is 419 g/mol. The maximum absolute atomic E-state index is 10.7. The highest BCUT2D eigenvalue weighted by atomic mass is 127. The third-order valence-corrected chi connectivity index (χ3v) is 3.23. The minimum atomic E-state index is -1.77. The van der Waals surface area contributed by atoms with Crippen molar-refractivity contribution in [3.63, 3.8) is 0 Å². The van der Waals surface area contributed by atoms with E-state index in [0.717, 1.165) is 23.9 Å². The number of aromatic carboxylic acids is 2. The number of halogens is 1. The van der Waals surface area contributed by atoms with Crippen LogP contribution < -0.4 is 10.8 Å². The van der Waals surface area contributed by atoms with Gasteiger partial charge in [0.25, 0.3) is 5.69 Å². The van der Waals surface area contributed by atoms with Crippen LogP contribution in [0.5, 0.6) is 0 Å². The molecule has 4 N–H and O–H groups in total. The monoisotopic (exact) mass is 430 g/mol. The van der Waals surface area contributed by atoms with E-state index in [1.807, 2.05) is 18.2 Å². The SMILES string of the molecule is O=C([O-])c1cccc([N+](=O)[O-])c1C(=O)O.[NH3+]c1cccc(I)c1. The first-order valence-corrected chi connectivity index (χ1v) is 7.11. The fourth-order valence-corrected chi connectivity index (χ4v) is 2.23. The lowest BCUT2D eigenvalue weighted by Crippen LogP contribution is -2.39. The van der Waals surface area contributed by atoms with Gasteiger partial charge >= 0.3 is 5.97 Å². The number of carboxylic acids is 2. The van der Waals surface area contributed by atoms with E-state index in [4.69, 9.17) is 5.11 Å². The van der Waals surface area contributed by atoms with E-state index in [2.05, 4.69) is 34.4 Å². The summed E-state index contributed by atoms with van der Waals surface area (Å²) >= 11 is 2.27. The second-order valence-electron chi connectivity index (χ2n) is 4.18. The third kappa shape index (κ3) is 5.30. The van der Waals surface area contributed by atoms with Gasteiger partial charge in [0.2, 0.25) is 0 Å². The van der Waals surface area contributed by atoms with Crippen LogP contribution >= 0.6 is 22.6 Å². The van der Waals surface area contributed by atoms with Crippen molar-refractivity contribution < 1.29 is 30.5 Å². The normalized spacial score (nSPS) is 9.48. The van der Waals surface area contributed by atoms with Crippen molar-refractivity contribution >= 4 is 45.9 Å². The summed E-state index contributed by atoms with van der Waals surface area (Å²) in [6.07, 6.45) is 0. The molecule has 23 heavy (non-hydrogen) atoms. The highest BCUT2D eigenvalue weighted by molar-refractivity contribution is 14.1. The predicted molar refractivity (Wildman–Crippen MR) is 86.1 cm³/mol. The molecule has 0 aliphatic rings. The molecule has 0 aromatic heterocycles. The molecule has 8 nitrogen and oxygen atoms in total. The number of carboxylic acid groups (broad SMARTS) is 2. The molecule has 0 saturated heterocycles. The highest BCUT2D eigenvalue weighted by Crippen LogP contribution is 2.21. The van der Waals surface area contributed by atoms with Gasteiger partial charge in [-0.1, -0.05) is 18.2 Å². The molecule has 0 radical (unpaired) electrons. The summed E-state index contributed by atoms with van der Waals surface area (Å²) in [6, 6.07) is 11.0. The summed E-state index contributed by atoms with van der Waals surface area (Å²) < 4.78 is 1.25. The van der Waals surface area contributed by atoms with E-state index in [-0.39, 0.29) is 0 Å². The predicted octanol–water partition coefficient (Wildman–Crippen LogP) is 0.821. The topological polar surface area (TPSA) is 148 Å². The lowest BCUT2D eigenvalue weighted by atomic mass is 10.1.